The zero-order valence-electron chi connectivity index (χ0n) is 24.4. The molecule has 0 amide bonds. The van der Waals surface area contributed by atoms with Crippen LogP contribution in [0.5, 0.6) is 5.75 Å². The zero-order chi connectivity index (χ0) is 29.6. The van der Waals surface area contributed by atoms with Crippen molar-refractivity contribution in [3.05, 3.63) is 64.8 Å². The van der Waals surface area contributed by atoms with Crippen LogP contribution in [-0.2, 0) is 31.9 Å². The topological polar surface area (TPSA) is 112 Å². The lowest BCUT2D eigenvalue weighted by atomic mass is 9.99. The predicted molar refractivity (Wildman–Crippen MR) is 158 cm³/mol. The van der Waals surface area contributed by atoms with Gasteiger partial charge in [0.25, 0.3) is 0 Å². The number of benzene rings is 2. The van der Waals surface area contributed by atoms with Crippen LogP contribution < -0.4 is 4.74 Å². The number of ether oxygens (including phenoxy) is 3. The molecule has 8 nitrogen and oxygen atoms in total. The van der Waals surface area contributed by atoms with Gasteiger partial charge in [0.05, 0.1) is 26.2 Å². The first-order chi connectivity index (χ1) is 19.9. The van der Waals surface area contributed by atoms with Gasteiger partial charge in [-0.1, -0.05) is 51.2 Å². The molecule has 220 valence electrons. The molecule has 1 heterocycles. The van der Waals surface area contributed by atoms with Gasteiger partial charge < -0.3 is 19.2 Å². The molecular weight excluding hydrogens is 522 g/mol. The summed E-state index contributed by atoms with van der Waals surface area (Å²) in [6.45, 7) is 2.08. The molecule has 1 N–H and O–H groups in total. The van der Waals surface area contributed by atoms with E-state index in [4.69, 9.17) is 9.47 Å². The largest absolute Gasteiger partial charge is 0.486 e. The molecule has 0 aliphatic heterocycles. The highest BCUT2D eigenvalue weighted by Crippen LogP contribution is 2.27. The number of methoxy groups -OCH3 is 2. The van der Waals surface area contributed by atoms with Crippen molar-refractivity contribution in [3.8, 4) is 5.75 Å². The molecule has 0 bridgehead atoms. The number of rotatable bonds is 18. The summed E-state index contributed by atoms with van der Waals surface area (Å²) in [7, 11) is 2.59. The molecule has 0 radical (unpaired) electrons. The second kappa shape index (κ2) is 16.4. The quantitative estimate of drug-likeness (QED) is 0.106. The maximum atomic E-state index is 13.3. The number of H-pyrrole nitrogens is 1. The maximum absolute atomic E-state index is 13.3. The number of esters is 2. The fraction of sp³-hybridized carbons (Fsp3) is 0.455. The summed E-state index contributed by atoms with van der Waals surface area (Å²) < 4.78 is 15.2. The van der Waals surface area contributed by atoms with Crippen molar-refractivity contribution in [3.63, 3.8) is 0 Å². The average Bonchev–Trinajstić information content (AvgIpc) is 3.34. The summed E-state index contributed by atoms with van der Waals surface area (Å²) in [4.78, 5) is 53.0. The summed E-state index contributed by atoms with van der Waals surface area (Å²) >= 11 is 0. The van der Waals surface area contributed by atoms with Gasteiger partial charge in [0, 0.05) is 35.0 Å². The Labute approximate surface area is 241 Å². The fourth-order valence-corrected chi connectivity index (χ4v) is 4.84. The van der Waals surface area contributed by atoms with Crippen LogP contribution >= 0.6 is 0 Å². The van der Waals surface area contributed by atoms with Crippen LogP contribution in [0.2, 0.25) is 0 Å². The number of fused-ring (bicyclic) bond motifs is 1. The summed E-state index contributed by atoms with van der Waals surface area (Å²) in [6, 6.07) is 12.7. The molecule has 0 aliphatic carbocycles. The number of hydrogen-bond acceptors (Lipinski definition) is 7. The van der Waals surface area contributed by atoms with Crippen molar-refractivity contribution in [2.24, 2.45) is 0 Å². The molecule has 2 aromatic carbocycles. The summed E-state index contributed by atoms with van der Waals surface area (Å²) in [5, 5.41) is 0.528. The molecule has 3 rings (SSSR count). The lowest BCUT2D eigenvalue weighted by molar-refractivity contribution is -0.140. The molecule has 0 atom stereocenters. The number of ketones is 2. The van der Waals surface area contributed by atoms with Gasteiger partial charge >= 0.3 is 11.9 Å². The zero-order valence-corrected chi connectivity index (χ0v) is 24.4. The third-order valence-corrected chi connectivity index (χ3v) is 7.10. The number of aromatic amines is 1. The van der Waals surface area contributed by atoms with Crippen LogP contribution in [0, 0.1) is 0 Å². The lowest BCUT2D eigenvalue weighted by Crippen LogP contribution is -2.16. The van der Waals surface area contributed by atoms with E-state index in [2.05, 4.69) is 16.6 Å². The minimum absolute atomic E-state index is 0.0452. The van der Waals surface area contributed by atoms with Gasteiger partial charge in [-0.25, -0.2) is 4.79 Å². The number of carbonyl (C=O) groups is 4. The Balaban J connectivity index is 1.65. The Morgan fingerprint density at radius 3 is 2.24 bits per heavy atom. The first kappa shape index (κ1) is 31.6. The van der Waals surface area contributed by atoms with E-state index < -0.39 is 11.9 Å². The van der Waals surface area contributed by atoms with Gasteiger partial charge in [0.1, 0.15) is 12.4 Å². The highest BCUT2D eigenvalue weighted by atomic mass is 16.5. The third-order valence-electron chi connectivity index (χ3n) is 7.10. The van der Waals surface area contributed by atoms with E-state index >= 15 is 0 Å². The Morgan fingerprint density at radius 1 is 0.805 bits per heavy atom. The summed E-state index contributed by atoms with van der Waals surface area (Å²) in [5.74, 6) is -0.742. The summed E-state index contributed by atoms with van der Waals surface area (Å²) in [6.07, 6.45) is 9.02. The standard InChI is InChI=1S/C33H41NO7/c1-4-5-6-7-8-9-11-23-14-17-26(18-15-23)41-22-25(35)21-29-32(30(36)12-10-13-31(37)39-2)27-20-24(33(38)40-3)16-19-28(27)34-29/h14-20,34H,4-13,21-22H2,1-3H3. The van der Waals surface area contributed by atoms with E-state index in [9.17, 15) is 19.2 Å². The van der Waals surface area contributed by atoms with E-state index in [0.717, 1.165) is 12.8 Å². The average molecular weight is 564 g/mol. The second-order valence-electron chi connectivity index (χ2n) is 10.2. The van der Waals surface area contributed by atoms with E-state index in [1.54, 1.807) is 18.2 Å². The first-order valence-electron chi connectivity index (χ1n) is 14.4. The number of hydrogen-bond donors (Lipinski definition) is 1. The smallest absolute Gasteiger partial charge is 0.337 e. The SMILES string of the molecule is CCCCCCCCc1ccc(OCC(=O)Cc2[nH]c3ccc(C(=O)OC)cc3c2C(=O)CCCC(=O)OC)cc1. The van der Waals surface area contributed by atoms with Crippen molar-refractivity contribution < 1.29 is 33.4 Å². The van der Waals surface area contributed by atoms with Gasteiger partial charge in [-0.2, -0.15) is 0 Å². The van der Waals surface area contributed by atoms with Gasteiger partial charge in [0.2, 0.25) is 0 Å². The van der Waals surface area contributed by atoms with E-state index in [0.29, 0.717) is 39.9 Å². The first-order valence-corrected chi connectivity index (χ1v) is 14.4. The van der Waals surface area contributed by atoms with Crippen molar-refractivity contribution in [1.82, 2.24) is 4.98 Å². The number of nitrogens with one attached hydrogen (secondary N) is 1. The van der Waals surface area contributed by atoms with E-state index in [1.807, 2.05) is 24.3 Å². The van der Waals surface area contributed by atoms with Crippen LogP contribution in [0.1, 0.15) is 96.7 Å². The number of carbonyl (C=O) groups excluding carboxylic acids is 4. The summed E-state index contributed by atoms with van der Waals surface area (Å²) in [5.41, 5.74) is 2.96. The molecule has 41 heavy (non-hydrogen) atoms. The monoisotopic (exact) mass is 563 g/mol. The predicted octanol–water partition coefficient (Wildman–Crippen LogP) is 6.57. The molecule has 0 unspecified atom stereocenters. The molecular formula is C33H41NO7. The normalized spacial score (nSPS) is 10.9. The maximum Gasteiger partial charge on any atom is 0.337 e. The van der Waals surface area contributed by atoms with Gasteiger partial charge in [0.15, 0.2) is 11.6 Å². The highest BCUT2D eigenvalue weighted by molar-refractivity contribution is 6.11. The number of aromatic nitrogens is 1. The van der Waals surface area contributed by atoms with Crippen molar-refractivity contribution >= 4 is 34.4 Å². The lowest BCUT2D eigenvalue weighted by Gasteiger charge is -2.08. The van der Waals surface area contributed by atoms with Crippen LogP contribution in [0.3, 0.4) is 0 Å². The number of aryl methyl sites for hydroxylation is 1. The number of unbranched alkanes of at least 4 members (excludes halogenated alkanes) is 5. The Hall–Kier alpha value is -3.94. The Bertz CT molecular complexity index is 1320. The molecule has 1 aromatic heterocycles. The molecule has 8 heteroatoms. The van der Waals surface area contributed by atoms with Crippen LogP contribution in [0.25, 0.3) is 10.9 Å². The molecule has 0 saturated carbocycles. The van der Waals surface area contributed by atoms with Gasteiger partial charge in [-0.05, 0) is 55.2 Å². The molecule has 3 aromatic rings. The molecule has 0 saturated heterocycles. The van der Waals surface area contributed by atoms with Crippen molar-refractivity contribution in [2.75, 3.05) is 20.8 Å². The Morgan fingerprint density at radius 2 is 1.54 bits per heavy atom. The molecule has 0 fully saturated rings. The minimum atomic E-state index is -0.527. The van der Waals surface area contributed by atoms with Crippen molar-refractivity contribution in [2.45, 2.75) is 77.6 Å². The van der Waals surface area contributed by atoms with Crippen LogP contribution in [0.15, 0.2) is 42.5 Å². The third kappa shape index (κ3) is 9.59. The fourth-order valence-electron chi connectivity index (χ4n) is 4.84. The van der Waals surface area contributed by atoms with Gasteiger partial charge in [-0.3, -0.25) is 14.4 Å². The molecule has 0 aliphatic rings. The van der Waals surface area contributed by atoms with Gasteiger partial charge in [-0.15, -0.1) is 0 Å². The second-order valence-corrected chi connectivity index (χ2v) is 10.2. The van der Waals surface area contributed by atoms with E-state index in [-0.39, 0.29) is 37.4 Å². The van der Waals surface area contributed by atoms with E-state index in [1.165, 1.54) is 51.9 Å². The molecule has 0 spiro atoms. The van der Waals surface area contributed by atoms with Crippen molar-refractivity contribution in [1.29, 1.82) is 0 Å². The minimum Gasteiger partial charge on any atom is -0.486 e. The Kier molecular flexibility index (Phi) is 12.6. The van der Waals surface area contributed by atoms with Crippen LogP contribution in [0.4, 0.5) is 0 Å². The number of Topliss-reactive ketones (excluding diaryl/α,β-unsaturated/α-hetero) is 2. The van der Waals surface area contributed by atoms with Crippen LogP contribution in [-0.4, -0.2) is 49.3 Å². The highest BCUT2D eigenvalue weighted by Gasteiger charge is 2.22.